The highest BCUT2D eigenvalue weighted by Gasteiger charge is 2.43. The molecule has 226 valence electrons. The smallest absolute Gasteiger partial charge is 0.406 e. The molecule has 1 fully saturated rings. The fraction of sp³-hybridized carbons (Fsp3) is 0.382. The van der Waals surface area contributed by atoms with E-state index < -0.39 is 17.5 Å². The molecular weight excluding hydrogens is 547 g/mol. The van der Waals surface area contributed by atoms with Gasteiger partial charge in [-0.3, -0.25) is 4.79 Å². The van der Waals surface area contributed by atoms with Gasteiger partial charge in [0.15, 0.2) is 0 Å². The van der Waals surface area contributed by atoms with E-state index in [2.05, 4.69) is 15.4 Å². The number of rotatable bonds is 11. The summed E-state index contributed by atoms with van der Waals surface area (Å²) >= 11 is 0. The Morgan fingerprint density at radius 1 is 1.16 bits per heavy atom. The van der Waals surface area contributed by atoms with Gasteiger partial charge in [0, 0.05) is 43.2 Å². The van der Waals surface area contributed by atoms with Gasteiger partial charge in [-0.1, -0.05) is 54.1 Å². The first-order valence-corrected chi connectivity index (χ1v) is 14.6. The van der Waals surface area contributed by atoms with Crippen LogP contribution in [0.3, 0.4) is 0 Å². The second kappa shape index (κ2) is 14.8. The van der Waals surface area contributed by atoms with Gasteiger partial charge < -0.3 is 25.4 Å². The van der Waals surface area contributed by atoms with E-state index in [1.165, 1.54) is 13.2 Å². The van der Waals surface area contributed by atoms with Crippen molar-refractivity contribution >= 4 is 12.0 Å². The van der Waals surface area contributed by atoms with Crippen LogP contribution in [0.15, 0.2) is 66.7 Å². The number of nitrogens with one attached hydrogen (secondary N) is 2. The third-order valence-corrected chi connectivity index (χ3v) is 8.09. The molecule has 2 amide bonds. The Morgan fingerprint density at radius 3 is 2.65 bits per heavy atom. The Balaban J connectivity index is 1.63. The van der Waals surface area contributed by atoms with Crippen LogP contribution in [0, 0.1) is 30.0 Å². The van der Waals surface area contributed by atoms with Crippen LogP contribution in [-0.2, 0) is 16.9 Å². The van der Waals surface area contributed by atoms with Gasteiger partial charge in [-0.25, -0.2) is 9.18 Å². The zero-order valence-electron chi connectivity index (χ0n) is 24.7. The second-order valence-electron chi connectivity index (χ2n) is 11.0. The second-order valence-corrected chi connectivity index (χ2v) is 11.0. The van der Waals surface area contributed by atoms with Crippen LogP contribution in [0.5, 0.6) is 0 Å². The number of halogens is 1. The first kappa shape index (κ1) is 31.7. The molecule has 9 heteroatoms. The highest BCUT2D eigenvalue weighted by atomic mass is 19.1. The topological polar surface area (TPSA) is 115 Å². The Bertz CT molecular complexity index is 1460. The van der Waals surface area contributed by atoms with Crippen molar-refractivity contribution in [3.05, 3.63) is 94.8 Å². The summed E-state index contributed by atoms with van der Waals surface area (Å²) in [6.45, 7) is 3.84. The van der Waals surface area contributed by atoms with Crippen LogP contribution in [0.1, 0.15) is 52.7 Å². The fourth-order valence-corrected chi connectivity index (χ4v) is 5.92. The number of alkyl carbamates (subject to hydrolysis) is 1. The number of benzene rings is 3. The highest BCUT2D eigenvalue weighted by molar-refractivity contribution is 5.94. The Hall–Kier alpha value is -4.26. The van der Waals surface area contributed by atoms with Gasteiger partial charge in [0.1, 0.15) is 5.82 Å². The molecule has 4 rings (SSSR count). The van der Waals surface area contributed by atoms with Crippen molar-refractivity contribution in [2.24, 2.45) is 5.92 Å². The number of piperidine rings is 1. The number of likely N-dealkylation sites (tertiary alicyclic amines) is 1. The van der Waals surface area contributed by atoms with Gasteiger partial charge >= 0.3 is 6.09 Å². The van der Waals surface area contributed by atoms with E-state index in [4.69, 9.17) is 5.26 Å². The maximum absolute atomic E-state index is 15.6. The standard InChI is InChI=1S/C34H39FN4O4/c1-24-7-3-8-27(21-24)31-29(10-4-11-30(31)35)34(42,16-6-18-38-33(41)43-2)28-9-5-20-39(23-28)32(40)26-14-12-25(13-15-26)22-37-19-17-36/h3-4,7-8,10-15,21,28,37,42H,5-6,9,16,18-20,22-23H2,1-2H3,(H,38,41). The molecule has 0 radical (unpaired) electrons. The lowest BCUT2D eigenvalue weighted by atomic mass is 9.72. The maximum Gasteiger partial charge on any atom is 0.406 e. The largest absolute Gasteiger partial charge is 0.453 e. The molecule has 0 spiro atoms. The van der Waals surface area contributed by atoms with Gasteiger partial charge in [-0.15, -0.1) is 0 Å². The van der Waals surface area contributed by atoms with Gasteiger partial charge in [-0.05, 0) is 67.5 Å². The predicted molar refractivity (Wildman–Crippen MR) is 163 cm³/mol. The quantitative estimate of drug-likeness (QED) is 0.208. The van der Waals surface area contributed by atoms with Crippen molar-refractivity contribution < 1.29 is 23.8 Å². The molecule has 0 aliphatic carbocycles. The number of aliphatic hydroxyl groups is 1. The number of ether oxygens (including phenoxy) is 1. The van der Waals surface area contributed by atoms with Crippen LogP contribution in [-0.4, -0.2) is 55.3 Å². The fourth-order valence-electron chi connectivity index (χ4n) is 5.92. The molecule has 2 unspecified atom stereocenters. The lowest BCUT2D eigenvalue weighted by molar-refractivity contribution is -0.0564. The predicted octanol–water partition coefficient (Wildman–Crippen LogP) is 5.29. The molecule has 1 saturated heterocycles. The number of methoxy groups -OCH3 is 1. The summed E-state index contributed by atoms with van der Waals surface area (Å²) < 4.78 is 20.3. The van der Waals surface area contributed by atoms with Crippen LogP contribution in [0.25, 0.3) is 11.1 Å². The van der Waals surface area contributed by atoms with E-state index >= 15 is 4.39 Å². The van der Waals surface area contributed by atoms with Crippen LogP contribution >= 0.6 is 0 Å². The Morgan fingerprint density at radius 2 is 1.93 bits per heavy atom. The van der Waals surface area contributed by atoms with Crippen molar-refractivity contribution in [2.75, 3.05) is 33.3 Å². The normalized spacial score (nSPS) is 16.2. The molecule has 1 heterocycles. The van der Waals surface area contributed by atoms with Crippen LogP contribution in [0.4, 0.5) is 9.18 Å². The minimum Gasteiger partial charge on any atom is -0.453 e. The number of hydrogen-bond acceptors (Lipinski definition) is 6. The number of carbonyl (C=O) groups excluding carboxylic acids is 2. The highest BCUT2D eigenvalue weighted by Crippen LogP contribution is 2.44. The summed E-state index contributed by atoms with van der Waals surface area (Å²) in [5.74, 6) is -0.931. The van der Waals surface area contributed by atoms with E-state index in [1.807, 2.05) is 49.4 Å². The number of amides is 2. The van der Waals surface area contributed by atoms with Crippen molar-refractivity contribution in [2.45, 2.75) is 44.8 Å². The zero-order chi connectivity index (χ0) is 30.8. The Kier molecular flexibility index (Phi) is 10.9. The number of aryl methyl sites for hydroxylation is 1. The summed E-state index contributed by atoms with van der Waals surface area (Å²) in [6.07, 6.45) is 1.44. The number of nitriles is 1. The summed E-state index contributed by atoms with van der Waals surface area (Å²) in [4.78, 5) is 27.0. The molecule has 1 aliphatic rings. The van der Waals surface area contributed by atoms with Crippen molar-refractivity contribution in [3.8, 4) is 17.2 Å². The Labute approximate surface area is 252 Å². The monoisotopic (exact) mass is 586 g/mol. The SMILES string of the molecule is COC(=O)NCCCC(O)(c1cccc(F)c1-c1cccc(C)c1)C1CCCN(C(=O)c2ccc(CNCC#N)cc2)C1. The van der Waals surface area contributed by atoms with Gasteiger partial charge in [-0.2, -0.15) is 5.26 Å². The first-order valence-electron chi connectivity index (χ1n) is 14.6. The van der Waals surface area contributed by atoms with E-state index in [0.717, 1.165) is 11.1 Å². The molecule has 8 nitrogen and oxygen atoms in total. The molecule has 3 N–H and O–H groups in total. The minimum absolute atomic E-state index is 0.130. The van der Waals surface area contributed by atoms with Crippen LogP contribution < -0.4 is 10.6 Å². The maximum atomic E-state index is 15.6. The van der Waals surface area contributed by atoms with E-state index in [0.29, 0.717) is 61.2 Å². The molecule has 3 aromatic rings. The molecule has 0 bridgehead atoms. The summed E-state index contributed by atoms with van der Waals surface area (Å²) in [6, 6.07) is 21.7. The summed E-state index contributed by atoms with van der Waals surface area (Å²) in [5, 5.41) is 27.0. The molecule has 0 aromatic heterocycles. The van der Waals surface area contributed by atoms with E-state index in [1.54, 1.807) is 29.2 Å². The average molecular weight is 587 g/mol. The molecule has 0 saturated carbocycles. The number of hydrogen-bond donors (Lipinski definition) is 3. The molecular formula is C34H39FN4O4. The van der Waals surface area contributed by atoms with Gasteiger partial charge in [0.05, 0.1) is 25.3 Å². The van der Waals surface area contributed by atoms with Gasteiger partial charge in [0.25, 0.3) is 5.91 Å². The zero-order valence-corrected chi connectivity index (χ0v) is 24.7. The molecule has 3 aromatic carbocycles. The first-order chi connectivity index (χ1) is 20.8. The molecule has 1 aliphatic heterocycles. The van der Waals surface area contributed by atoms with Crippen molar-refractivity contribution in [3.63, 3.8) is 0 Å². The number of nitrogens with zero attached hydrogens (tertiary/aromatic N) is 2. The average Bonchev–Trinajstić information content (AvgIpc) is 3.03. The lowest BCUT2D eigenvalue weighted by Crippen LogP contribution is -2.48. The lowest BCUT2D eigenvalue weighted by Gasteiger charge is -2.43. The van der Waals surface area contributed by atoms with Crippen molar-refractivity contribution in [1.82, 2.24) is 15.5 Å². The number of carbonyl (C=O) groups is 2. The summed E-state index contributed by atoms with van der Waals surface area (Å²) in [7, 11) is 1.29. The summed E-state index contributed by atoms with van der Waals surface area (Å²) in [5.41, 5.74) is 2.50. The third kappa shape index (κ3) is 7.78. The third-order valence-electron chi connectivity index (χ3n) is 8.09. The minimum atomic E-state index is -1.48. The van der Waals surface area contributed by atoms with Crippen LogP contribution in [0.2, 0.25) is 0 Å². The molecule has 2 atom stereocenters. The van der Waals surface area contributed by atoms with Crippen molar-refractivity contribution in [1.29, 1.82) is 5.26 Å². The van der Waals surface area contributed by atoms with E-state index in [9.17, 15) is 14.7 Å². The molecule has 43 heavy (non-hydrogen) atoms. The van der Waals surface area contributed by atoms with Gasteiger partial charge in [0.2, 0.25) is 0 Å². The van der Waals surface area contributed by atoms with E-state index in [-0.39, 0.29) is 31.3 Å².